The molecule has 0 fully saturated rings. The second-order valence-electron chi connectivity index (χ2n) is 6.71. The van der Waals surface area contributed by atoms with Gasteiger partial charge >= 0.3 is 0 Å². The number of rotatable bonds is 6. The monoisotopic (exact) mass is 394 g/mol. The molecule has 1 atom stereocenters. The first-order valence-corrected chi connectivity index (χ1v) is 10.4. The van der Waals surface area contributed by atoms with E-state index in [-0.39, 0.29) is 17.0 Å². The topological polar surface area (TPSA) is 62.7 Å². The van der Waals surface area contributed by atoms with Crippen LogP contribution in [0.15, 0.2) is 48.7 Å². The van der Waals surface area contributed by atoms with Crippen LogP contribution in [0.3, 0.4) is 0 Å². The highest BCUT2D eigenvalue weighted by Crippen LogP contribution is 2.52. The maximum atomic E-state index is 13.4. The average molecular weight is 394 g/mol. The molecule has 0 aliphatic carbocycles. The Morgan fingerprint density at radius 2 is 2.00 bits per heavy atom. The van der Waals surface area contributed by atoms with Gasteiger partial charge < -0.3 is 14.7 Å². The lowest BCUT2D eigenvalue weighted by Gasteiger charge is -2.25. The quantitative estimate of drug-likeness (QED) is 0.654. The van der Waals surface area contributed by atoms with Crippen LogP contribution < -0.4 is 4.74 Å². The zero-order valence-corrected chi connectivity index (χ0v) is 16.7. The van der Waals surface area contributed by atoms with Crippen molar-refractivity contribution in [2.45, 2.75) is 25.3 Å². The third kappa shape index (κ3) is 2.98. The maximum absolute atomic E-state index is 13.4. The van der Waals surface area contributed by atoms with Crippen molar-refractivity contribution in [2.24, 2.45) is 0 Å². The van der Waals surface area contributed by atoms with Crippen molar-refractivity contribution in [3.63, 3.8) is 0 Å². The summed E-state index contributed by atoms with van der Waals surface area (Å²) in [5.74, 6) is 1.27. The van der Waals surface area contributed by atoms with Crippen molar-refractivity contribution in [3.05, 3.63) is 65.4 Å². The van der Waals surface area contributed by atoms with Gasteiger partial charge in [-0.2, -0.15) is 0 Å². The number of pyridine rings is 1. The van der Waals surface area contributed by atoms with E-state index in [4.69, 9.17) is 4.74 Å². The lowest BCUT2D eigenvalue weighted by atomic mass is 10.0. The van der Waals surface area contributed by atoms with Crippen LogP contribution >= 0.6 is 11.8 Å². The molecule has 0 saturated carbocycles. The van der Waals surface area contributed by atoms with Crippen LogP contribution in [0, 0.1) is 0 Å². The zero-order valence-electron chi connectivity index (χ0n) is 15.9. The molecule has 2 heterocycles. The first-order valence-electron chi connectivity index (χ1n) is 9.31. The smallest absolute Gasteiger partial charge is 0.259 e. The number of aromatic hydroxyl groups is 1. The molecule has 1 unspecified atom stereocenters. The number of carbonyl (C=O) groups excluding carboxylic acids is 1. The molecule has 0 saturated heterocycles. The lowest BCUT2D eigenvalue weighted by molar-refractivity contribution is 0.0759. The summed E-state index contributed by atoms with van der Waals surface area (Å²) in [6.07, 6.45) is 2.60. The molecule has 28 heavy (non-hydrogen) atoms. The number of nitrogens with zero attached hydrogens (tertiary/aromatic N) is 2. The standard InChI is InChI=1S/C22H22N2O3S/c1-3-12-28-22-17-16(21(26)24(22)13-14-8-5-4-6-9-14)19(25)18-15(20(17)27-2)10-7-11-23-18/h4-11,22,25H,3,12-13H2,1-2H3. The van der Waals surface area contributed by atoms with Gasteiger partial charge in [0.25, 0.3) is 5.91 Å². The van der Waals surface area contributed by atoms with Crippen LogP contribution in [-0.4, -0.2) is 33.8 Å². The first kappa shape index (κ1) is 18.6. The van der Waals surface area contributed by atoms with E-state index in [1.807, 2.05) is 47.4 Å². The molecular weight excluding hydrogens is 372 g/mol. The number of benzene rings is 2. The Kier molecular flexibility index (Phi) is 5.13. The molecule has 1 amide bonds. The van der Waals surface area contributed by atoms with Crippen molar-refractivity contribution in [3.8, 4) is 11.5 Å². The third-order valence-corrected chi connectivity index (χ3v) is 6.36. The van der Waals surface area contributed by atoms with E-state index in [2.05, 4.69) is 11.9 Å². The second kappa shape index (κ2) is 7.72. The van der Waals surface area contributed by atoms with Crippen LogP contribution in [0.5, 0.6) is 11.5 Å². The molecule has 3 aromatic rings. The van der Waals surface area contributed by atoms with Crippen LogP contribution in [0.25, 0.3) is 10.9 Å². The Morgan fingerprint density at radius 3 is 2.71 bits per heavy atom. The van der Waals surface area contributed by atoms with E-state index in [9.17, 15) is 9.90 Å². The predicted molar refractivity (Wildman–Crippen MR) is 112 cm³/mol. The summed E-state index contributed by atoms with van der Waals surface area (Å²) < 4.78 is 5.74. The van der Waals surface area contributed by atoms with E-state index in [1.165, 1.54) is 0 Å². The molecule has 1 aliphatic rings. The SMILES string of the molecule is CCCSC1c2c(c(O)c3ncccc3c2OC)C(=O)N1Cc1ccccc1. The minimum atomic E-state index is -0.215. The lowest BCUT2D eigenvalue weighted by Crippen LogP contribution is -2.26. The number of carbonyl (C=O) groups is 1. The van der Waals surface area contributed by atoms with Crippen molar-refractivity contribution in [1.29, 1.82) is 0 Å². The van der Waals surface area contributed by atoms with E-state index in [1.54, 1.807) is 25.1 Å². The van der Waals surface area contributed by atoms with Gasteiger partial charge in [-0.1, -0.05) is 37.3 Å². The number of methoxy groups -OCH3 is 1. The predicted octanol–water partition coefficient (Wildman–Crippen LogP) is 4.75. The first-order chi connectivity index (χ1) is 13.7. The fraction of sp³-hybridized carbons (Fsp3) is 0.273. The zero-order chi connectivity index (χ0) is 19.7. The largest absolute Gasteiger partial charge is 0.505 e. The Labute approximate surface area is 168 Å². The Hall–Kier alpha value is -2.73. The van der Waals surface area contributed by atoms with Crippen molar-refractivity contribution in [2.75, 3.05) is 12.9 Å². The second-order valence-corrected chi connectivity index (χ2v) is 7.90. The molecule has 0 spiro atoms. The van der Waals surface area contributed by atoms with E-state index in [0.717, 1.165) is 28.7 Å². The van der Waals surface area contributed by atoms with Gasteiger partial charge in [-0.25, -0.2) is 0 Å². The summed E-state index contributed by atoms with van der Waals surface area (Å²) in [6.45, 7) is 2.59. The molecule has 1 aromatic heterocycles. The molecule has 0 radical (unpaired) electrons. The van der Waals surface area contributed by atoms with Crippen LogP contribution in [-0.2, 0) is 6.54 Å². The molecule has 0 bridgehead atoms. The van der Waals surface area contributed by atoms with E-state index >= 15 is 0 Å². The van der Waals surface area contributed by atoms with Gasteiger partial charge in [0.15, 0.2) is 5.75 Å². The average Bonchev–Trinajstić information content (AvgIpc) is 2.99. The molecular formula is C22H22N2O3S. The minimum absolute atomic E-state index is 0.0611. The minimum Gasteiger partial charge on any atom is -0.505 e. The third-order valence-electron chi connectivity index (χ3n) is 4.91. The molecule has 144 valence electrons. The fourth-order valence-corrected chi connectivity index (χ4v) is 4.90. The number of hydrogen-bond donors (Lipinski definition) is 1. The molecule has 5 nitrogen and oxygen atoms in total. The summed E-state index contributed by atoms with van der Waals surface area (Å²) >= 11 is 1.70. The fourth-order valence-electron chi connectivity index (χ4n) is 3.70. The number of amides is 1. The van der Waals surface area contributed by atoms with Gasteiger partial charge in [0.05, 0.1) is 12.7 Å². The normalized spacial score (nSPS) is 15.9. The van der Waals surface area contributed by atoms with Gasteiger partial charge in [0.2, 0.25) is 0 Å². The molecule has 1 aliphatic heterocycles. The van der Waals surface area contributed by atoms with Crippen LogP contribution in [0.4, 0.5) is 0 Å². The summed E-state index contributed by atoms with van der Waals surface area (Å²) in [5, 5.41) is 11.4. The number of phenolic OH excluding ortho intramolecular Hbond substituents is 1. The summed E-state index contributed by atoms with van der Waals surface area (Å²) in [5.41, 5.74) is 2.51. The highest BCUT2D eigenvalue weighted by Gasteiger charge is 2.43. The van der Waals surface area contributed by atoms with Gasteiger partial charge in [-0.05, 0) is 29.9 Å². The van der Waals surface area contributed by atoms with E-state index in [0.29, 0.717) is 23.4 Å². The number of thioether (sulfide) groups is 1. The highest BCUT2D eigenvalue weighted by molar-refractivity contribution is 7.99. The Morgan fingerprint density at radius 1 is 1.21 bits per heavy atom. The van der Waals surface area contributed by atoms with Crippen molar-refractivity contribution in [1.82, 2.24) is 9.88 Å². The number of ether oxygens (including phenoxy) is 1. The number of aromatic nitrogens is 1. The van der Waals surface area contributed by atoms with Crippen LogP contribution in [0.1, 0.15) is 40.2 Å². The van der Waals surface area contributed by atoms with Gasteiger partial charge in [0.1, 0.15) is 16.6 Å². The van der Waals surface area contributed by atoms with Crippen molar-refractivity contribution >= 4 is 28.6 Å². The number of hydrogen-bond acceptors (Lipinski definition) is 5. The van der Waals surface area contributed by atoms with Gasteiger partial charge in [-0.15, -0.1) is 11.8 Å². The summed E-state index contributed by atoms with van der Waals surface area (Å²) in [4.78, 5) is 19.5. The van der Waals surface area contributed by atoms with Gasteiger partial charge in [-0.3, -0.25) is 9.78 Å². The van der Waals surface area contributed by atoms with Crippen LogP contribution in [0.2, 0.25) is 0 Å². The number of phenols is 1. The van der Waals surface area contributed by atoms with E-state index < -0.39 is 0 Å². The summed E-state index contributed by atoms with van der Waals surface area (Å²) in [7, 11) is 1.60. The molecule has 2 aromatic carbocycles. The highest BCUT2D eigenvalue weighted by atomic mass is 32.2. The molecule has 4 rings (SSSR count). The number of fused-ring (bicyclic) bond motifs is 2. The Bertz CT molecular complexity index is 1020. The van der Waals surface area contributed by atoms with Gasteiger partial charge in [0, 0.05) is 23.7 Å². The Balaban J connectivity index is 1.90. The molecule has 6 heteroatoms. The van der Waals surface area contributed by atoms with Crippen molar-refractivity contribution < 1.29 is 14.6 Å². The molecule has 1 N–H and O–H groups in total. The summed E-state index contributed by atoms with van der Waals surface area (Å²) in [6, 6.07) is 13.6. The maximum Gasteiger partial charge on any atom is 0.259 e.